The minimum absolute atomic E-state index is 0.0107. The standard InChI is InChI=1S/C68H110NO8P/c1-6-8-10-12-14-16-18-20-22-23-24-25-26-27-28-29-30-31-32-33-34-35-36-37-38-39-40-41-42-43-44-45-47-49-51-53-55-57-59-61-68(71)77-66(65-76-78(72,73)75-63-62-69(3,4)5)64-74-67(70)60-58-56-54-52-50-48-46-21-19-17-15-13-11-9-7-2/h8-11,14-17,20-22,24-25,27-28,30-31,33-34,36-37,46,50,52,56,58,66H,6-7,12-13,18-19,23,26,29,32,35,38-45,47-49,51,53-55,57,59-65H2,1-5H3/p+1/b10-8-,11-9-,16-14-,17-15-,22-20-,25-24-,28-27-,31-30-,34-33-,37-36-,46-21-,52-50-,58-56-. The number of esters is 2. The van der Waals surface area contributed by atoms with E-state index in [1.165, 1.54) is 70.6 Å². The van der Waals surface area contributed by atoms with Gasteiger partial charge in [0.1, 0.15) is 19.8 Å². The normalized spacial score (nSPS) is 14.4. The number of nitrogens with zero attached hydrogens (tertiary/aromatic N) is 1. The van der Waals surface area contributed by atoms with Gasteiger partial charge in [-0.05, 0) is 103 Å². The minimum atomic E-state index is -4.41. The number of hydrogen-bond donors (Lipinski definition) is 1. The number of carbonyl (C=O) groups excluding carboxylic acids is 2. The fourth-order valence-electron chi connectivity index (χ4n) is 7.52. The van der Waals surface area contributed by atoms with Crippen LogP contribution in [0.15, 0.2) is 158 Å². The Bertz CT molecular complexity index is 1870. The molecule has 0 bridgehead atoms. The highest BCUT2D eigenvalue weighted by Gasteiger charge is 2.27. The van der Waals surface area contributed by atoms with Gasteiger partial charge < -0.3 is 18.9 Å². The molecule has 9 nitrogen and oxygen atoms in total. The monoisotopic (exact) mass is 1100 g/mol. The van der Waals surface area contributed by atoms with Crippen LogP contribution >= 0.6 is 7.82 Å². The highest BCUT2D eigenvalue weighted by molar-refractivity contribution is 7.47. The van der Waals surface area contributed by atoms with E-state index >= 15 is 0 Å². The number of carbonyl (C=O) groups is 2. The van der Waals surface area contributed by atoms with Crippen molar-refractivity contribution in [1.82, 2.24) is 0 Å². The van der Waals surface area contributed by atoms with Crippen molar-refractivity contribution < 1.29 is 42.1 Å². The maximum absolute atomic E-state index is 12.8. The van der Waals surface area contributed by atoms with Crippen molar-refractivity contribution in [2.24, 2.45) is 0 Å². The quantitative estimate of drug-likeness (QED) is 0.0211. The zero-order valence-electron chi connectivity index (χ0n) is 49.8. The average molecular weight is 1100 g/mol. The Morgan fingerprint density at radius 1 is 0.410 bits per heavy atom. The highest BCUT2D eigenvalue weighted by Crippen LogP contribution is 2.43. The van der Waals surface area contributed by atoms with Crippen molar-refractivity contribution in [3.8, 4) is 0 Å². The van der Waals surface area contributed by atoms with E-state index in [1.54, 1.807) is 6.08 Å². The third kappa shape index (κ3) is 60.9. The van der Waals surface area contributed by atoms with Gasteiger partial charge in [-0.2, -0.15) is 0 Å². The van der Waals surface area contributed by atoms with Crippen LogP contribution in [0, 0.1) is 0 Å². The van der Waals surface area contributed by atoms with Gasteiger partial charge >= 0.3 is 19.8 Å². The first-order valence-electron chi connectivity index (χ1n) is 30.2. The maximum atomic E-state index is 12.8. The molecule has 0 fully saturated rings. The summed E-state index contributed by atoms with van der Waals surface area (Å²) in [4.78, 5) is 35.6. The van der Waals surface area contributed by atoms with Crippen LogP contribution in [0.2, 0.25) is 0 Å². The lowest BCUT2D eigenvalue weighted by molar-refractivity contribution is -0.870. The van der Waals surface area contributed by atoms with Crippen LogP contribution in [0.5, 0.6) is 0 Å². The molecule has 0 radical (unpaired) electrons. The Hall–Kier alpha value is -4.37. The summed E-state index contributed by atoms with van der Waals surface area (Å²) in [5.41, 5.74) is 0. The lowest BCUT2D eigenvalue weighted by atomic mass is 10.0. The zero-order valence-corrected chi connectivity index (χ0v) is 50.7. The molecule has 0 aliphatic heterocycles. The number of likely N-dealkylation sites (N-methyl/N-ethyl adjacent to an activating group) is 1. The van der Waals surface area contributed by atoms with Gasteiger partial charge in [0, 0.05) is 6.42 Å². The number of phosphoric acid groups is 1. The van der Waals surface area contributed by atoms with Crippen molar-refractivity contribution in [3.63, 3.8) is 0 Å². The number of phosphoric ester groups is 1. The molecule has 0 aromatic heterocycles. The van der Waals surface area contributed by atoms with Crippen LogP contribution in [0.1, 0.15) is 206 Å². The van der Waals surface area contributed by atoms with E-state index in [0.29, 0.717) is 23.9 Å². The molecular formula is C68H111NO8P+. The summed E-state index contributed by atoms with van der Waals surface area (Å²) in [6.07, 6.45) is 86.5. The Balaban J connectivity index is 4.11. The first-order valence-corrected chi connectivity index (χ1v) is 31.7. The topological polar surface area (TPSA) is 108 Å². The van der Waals surface area contributed by atoms with E-state index in [-0.39, 0.29) is 26.1 Å². The fraction of sp³-hybridized carbons (Fsp3) is 0.588. The summed E-state index contributed by atoms with van der Waals surface area (Å²) in [6, 6.07) is 0. The second kappa shape index (κ2) is 57.3. The molecular weight excluding hydrogens is 990 g/mol. The maximum Gasteiger partial charge on any atom is 0.472 e. The lowest BCUT2D eigenvalue weighted by Crippen LogP contribution is -2.37. The van der Waals surface area contributed by atoms with Crippen molar-refractivity contribution in [2.45, 2.75) is 213 Å². The summed E-state index contributed by atoms with van der Waals surface area (Å²) in [5, 5.41) is 0. The molecule has 0 aromatic carbocycles. The first-order chi connectivity index (χ1) is 38.0. The van der Waals surface area contributed by atoms with Gasteiger partial charge in [0.25, 0.3) is 0 Å². The Morgan fingerprint density at radius 2 is 0.731 bits per heavy atom. The van der Waals surface area contributed by atoms with Gasteiger partial charge in [-0.3, -0.25) is 18.6 Å². The molecule has 2 unspecified atom stereocenters. The molecule has 0 spiro atoms. The third-order valence-corrected chi connectivity index (χ3v) is 13.1. The average Bonchev–Trinajstić information content (AvgIpc) is 3.41. The molecule has 10 heteroatoms. The van der Waals surface area contributed by atoms with Crippen LogP contribution < -0.4 is 0 Å². The van der Waals surface area contributed by atoms with Crippen molar-refractivity contribution >= 4 is 19.8 Å². The number of hydrogen-bond acceptors (Lipinski definition) is 7. The molecule has 0 aliphatic rings. The summed E-state index contributed by atoms with van der Waals surface area (Å²) in [6.45, 7) is 4.06. The molecule has 0 rings (SSSR count). The molecule has 0 saturated heterocycles. The number of quaternary nitrogens is 1. The van der Waals surface area contributed by atoms with E-state index < -0.39 is 32.5 Å². The predicted molar refractivity (Wildman–Crippen MR) is 334 cm³/mol. The van der Waals surface area contributed by atoms with Gasteiger partial charge in [0.2, 0.25) is 0 Å². The molecule has 440 valence electrons. The molecule has 2 atom stereocenters. The van der Waals surface area contributed by atoms with Crippen LogP contribution in [-0.4, -0.2) is 74.9 Å². The van der Waals surface area contributed by atoms with Crippen LogP contribution in [0.4, 0.5) is 0 Å². The number of ether oxygens (including phenoxy) is 2. The Kier molecular flexibility index (Phi) is 54.1. The third-order valence-electron chi connectivity index (χ3n) is 12.1. The second-order valence-corrected chi connectivity index (χ2v) is 22.1. The lowest BCUT2D eigenvalue weighted by Gasteiger charge is -2.24. The van der Waals surface area contributed by atoms with Gasteiger partial charge in [0.15, 0.2) is 6.10 Å². The predicted octanol–water partition coefficient (Wildman–Crippen LogP) is 19.3. The van der Waals surface area contributed by atoms with E-state index in [0.717, 1.165) is 96.3 Å². The zero-order chi connectivity index (χ0) is 57.0. The Labute approximate surface area is 477 Å². The molecule has 0 saturated carbocycles. The molecule has 0 aromatic rings. The van der Waals surface area contributed by atoms with E-state index in [4.69, 9.17) is 18.5 Å². The van der Waals surface area contributed by atoms with Gasteiger partial charge in [-0.1, -0.05) is 249 Å². The fourth-order valence-corrected chi connectivity index (χ4v) is 8.26. The van der Waals surface area contributed by atoms with Crippen LogP contribution in [-0.2, 0) is 32.7 Å². The van der Waals surface area contributed by atoms with Gasteiger partial charge in [-0.25, -0.2) is 4.57 Å². The largest absolute Gasteiger partial charge is 0.472 e. The smallest absolute Gasteiger partial charge is 0.461 e. The second-order valence-electron chi connectivity index (χ2n) is 20.6. The number of rotatable bonds is 53. The van der Waals surface area contributed by atoms with Crippen molar-refractivity contribution in [1.29, 1.82) is 0 Å². The minimum Gasteiger partial charge on any atom is -0.461 e. The summed E-state index contributed by atoms with van der Waals surface area (Å²) in [5.74, 6) is -0.956. The van der Waals surface area contributed by atoms with Gasteiger partial charge in [-0.15, -0.1) is 0 Å². The Morgan fingerprint density at radius 3 is 1.09 bits per heavy atom. The summed E-state index contributed by atoms with van der Waals surface area (Å²) < 4.78 is 34.4. The SMILES string of the molecule is CC/C=C\C/C=C\C/C=C\C/C=C\C/C=C\C/C=C\C/C=C\C/C=C\CCCCCCCCCCCCCCCCC(=O)OC(COC(=O)C/C=C\C/C=C\C/C=C\C/C=C\C/C=C\CC)COP(=O)(O)OCC[N+](C)(C)C. The van der Waals surface area contributed by atoms with Crippen LogP contribution in [0.25, 0.3) is 0 Å². The van der Waals surface area contributed by atoms with Gasteiger partial charge in [0.05, 0.1) is 34.2 Å². The summed E-state index contributed by atoms with van der Waals surface area (Å²) >= 11 is 0. The number of unbranched alkanes of at least 4 members (excludes halogenated alkanes) is 14. The van der Waals surface area contributed by atoms with Crippen LogP contribution in [0.3, 0.4) is 0 Å². The summed E-state index contributed by atoms with van der Waals surface area (Å²) in [7, 11) is 1.41. The molecule has 1 N–H and O–H groups in total. The van der Waals surface area contributed by atoms with Crippen molar-refractivity contribution in [2.75, 3.05) is 47.5 Å². The number of allylic oxidation sites excluding steroid dienone is 25. The highest BCUT2D eigenvalue weighted by atomic mass is 31.2. The molecule has 0 aliphatic carbocycles. The van der Waals surface area contributed by atoms with E-state index in [1.807, 2.05) is 33.3 Å². The molecule has 0 heterocycles. The van der Waals surface area contributed by atoms with Crippen molar-refractivity contribution in [3.05, 3.63) is 158 Å². The van der Waals surface area contributed by atoms with E-state index in [9.17, 15) is 19.0 Å². The molecule has 0 amide bonds. The molecule has 78 heavy (non-hydrogen) atoms. The van der Waals surface area contributed by atoms with E-state index in [2.05, 4.69) is 154 Å². The first kappa shape index (κ1) is 73.6.